The fraction of sp³-hybridized carbons (Fsp3) is 0.217. The maximum Gasteiger partial charge on any atom is 0.269 e. The van der Waals surface area contributed by atoms with Crippen LogP contribution in [0.15, 0.2) is 71.2 Å². The van der Waals surface area contributed by atoms with E-state index in [-0.39, 0.29) is 22.1 Å². The summed E-state index contributed by atoms with van der Waals surface area (Å²) in [6, 6.07) is 22.0. The molecular weight excluding hydrogens is 416 g/mol. The van der Waals surface area contributed by atoms with Gasteiger partial charge in [0.15, 0.2) is 0 Å². The van der Waals surface area contributed by atoms with Crippen LogP contribution in [0.3, 0.4) is 0 Å². The van der Waals surface area contributed by atoms with Crippen LogP contribution in [-0.4, -0.2) is 4.92 Å². The number of nitro benzene ring substituents is 1. The highest BCUT2D eigenvalue weighted by molar-refractivity contribution is 9.10. The van der Waals surface area contributed by atoms with Gasteiger partial charge in [-0.15, -0.1) is 0 Å². The van der Waals surface area contributed by atoms with Gasteiger partial charge in [-0.1, -0.05) is 64.8 Å². The van der Waals surface area contributed by atoms with Gasteiger partial charge in [-0.2, -0.15) is 0 Å². The van der Waals surface area contributed by atoms with Crippen molar-refractivity contribution in [2.45, 2.75) is 31.7 Å². The van der Waals surface area contributed by atoms with Crippen molar-refractivity contribution in [1.82, 2.24) is 0 Å². The molecule has 1 aliphatic heterocycles. The molecule has 1 N–H and O–H groups in total. The first-order chi connectivity index (χ1) is 13.4. The number of nitrogens with zero attached hydrogens (tertiary/aromatic N) is 1. The number of benzene rings is 3. The number of fused-ring (bicyclic) bond motifs is 1. The van der Waals surface area contributed by atoms with Crippen LogP contribution in [-0.2, 0) is 5.41 Å². The molecule has 1 heterocycles. The van der Waals surface area contributed by atoms with E-state index in [2.05, 4.69) is 71.5 Å². The van der Waals surface area contributed by atoms with Gasteiger partial charge in [0.2, 0.25) is 0 Å². The summed E-state index contributed by atoms with van der Waals surface area (Å²) >= 11 is 3.62. The van der Waals surface area contributed by atoms with Crippen molar-refractivity contribution in [2.24, 2.45) is 0 Å². The third-order valence-corrected chi connectivity index (χ3v) is 6.21. The van der Waals surface area contributed by atoms with Crippen molar-refractivity contribution in [3.05, 3.63) is 104 Å². The number of hydrogen-bond donors (Lipinski definition) is 1. The van der Waals surface area contributed by atoms with Crippen LogP contribution in [0.2, 0.25) is 0 Å². The minimum absolute atomic E-state index is 0.0702. The van der Waals surface area contributed by atoms with Crippen LogP contribution in [0.5, 0.6) is 0 Å². The second kappa shape index (κ2) is 7.06. The van der Waals surface area contributed by atoms with Gasteiger partial charge in [-0.25, -0.2) is 0 Å². The molecule has 0 aliphatic carbocycles. The molecular formula is C23H21BrN2O2. The Bertz CT molecular complexity index is 1030. The third kappa shape index (κ3) is 3.31. The molecule has 0 fully saturated rings. The molecule has 0 spiro atoms. The van der Waals surface area contributed by atoms with Gasteiger partial charge in [-0.3, -0.25) is 10.1 Å². The highest BCUT2D eigenvalue weighted by Gasteiger charge is 2.38. The first-order valence-electron chi connectivity index (χ1n) is 9.25. The Balaban J connectivity index is 1.80. The van der Waals surface area contributed by atoms with Gasteiger partial charge in [0.25, 0.3) is 5.69 Å². The second-order valence-corrected chi connectivity index (χ2v) is 8.55. The van der Waals surface area contributed by atoms with Crippen LogP contribution >= 0.6 is 15.9 Å². The number of hydrogen-bond acceptors (Lipinski definition) is 3. The van der Waals surface area contributed by atoms with E-state index in [4.69, 9.17) is 0 Å². The fourth-order valence-corrected chi connectivity index (χ4v) is 4.44. The van der Waals surface area contributed by atoms with Crippen LogP contribution < -0.4 is 5.32 Å². The van der Waals surface area contributed by atoms with E-state index in [9.17, 15) is 10.1 Å². The Morgan fingerprint density at radius 1 is 1.07 bits per heavy atom. The van der Waals surface area contributed by atoms with Crippen LogP contribution in [0.1, 0.15) is 41.6 Å². The van der Waals surface area contributed by atoms with E-state index in [0.717, 1.165) is 22.1 Å². The highest BCUT2D eigenvalue weighted by Crippen LogP contribution is 2.48. The Hall–Kier alpha value is -2.66. The molecule has 2 atom stereocenters. The number of non-ortho nitro benzene ring substituents is 1. The second-order valence-electron chi connectivity index (χ2n) is 7.64. The first kappa shape index (κ1) is 18.7. The summed E-state index contributed by atoms with van der Waals surface area (Å²) in [5, 5.41) is 14.6. The van der Waals surface area contributed by atoms with Crippen molar-refractivity contribution in [3.8, 4) is 0 Å². The molecule has 0 radical (unpaired) electrons. The fourth-order valence-electron chi connectivity index (χ4n) is 4.08. The zero-order valence-corrected chi connectivity index (χ0v) is 17.4. The molecule has 5 heteroatoms. The number of nitro groups is 1. The van der Waals surface area contributed by atoms with Gasteiger partial charge in [0.1, 0.15) is 0 Å². The predicted octanol–water partition coefficient (Wildman–Crippen LogP) is 6.53. The standard InChI is InChI=1S/C23H21BrN2O2/c1-15-3-7-17(8-4-15)23(2)14-22(16-5-10-19(11-6-16)26(27)28)25-21-12-9-18(24)13-20(21)23/h3-13,22,25H,14H2,1-2H3/t22-,23-/m0/s1. The number of aryl methyl sites for hydroxylation is 1. The molecule has 28 heavy (non-hydrogen) atoms. The van der Waals surface area contributed by atoms with E-state index < -0.39 is 0 Å². The molecule has 0 saturated carbocycles. The van der Waals surface area contributed by atoms with Gasteiger partial charge in [-0.05, 0) is 48.2 Å². The molecule has 0 aromatic heterocycles. The molecule has 4 nitrogen and oxygen atoms in total. The van der Waals surface area contributed by atoms with Crippen molar-refractivity contribution in [1.29, 1.82) is 0 Å². The Kier molecular flexibility index (Phi) is 4.71. The normalized spacial score (nSPS) is 20.9. The molecule has 0 saturated heterocycles. The highest BCUT2D eigenvalue weighted by atomic mass is 79.9. The summed E-state index contributed by atoms with van der Waals surface area (Å²) in [5.74, 6) is 0. The first-order valence-corrected chi connectivity index (χ1v) is 10.0. The molecule has 3 aromatic rings. The number of rotatable bonds is 3. The Morgan fingerprint density at radius 2 is 1.75 bits per heavy atom. The number of halogens is 1. The van der Waals surface area contributed by atoms with Crippen LogP contribution in [0, 0.1) is 17.0 Å². The quantitative estimate of drug-likeness (QED) is 0.375. The summed E-state index contributed by atoms with van der Waals surface area (Å²) in [4.78, 5) is 10.6. The SMILES string of the molecule is Cc1ccc([C@]2(C)C[C@@H](c3ccc([N+](=O)[O-])cc3)Nc3ccc(Br)cc32)cc1. The summed E-state index contributed by atoms with van der Waals surface area (Å²) in [6.07, 6.45) is 0.858. The minimum Gasteiger partial charge on any atom is -0.378 e. The average molecular weight is 437 g/mol. The van der Waals surface area contributed by atoms with Gasteiger partial charge in [0, 0.05) is 27.7 Å². The lowest BCUT2D eigenvalue weighted by molar-refractivity contribution is -0.384. The summed E-state index contributed by atoms with van der Waals surface area (Å²) in [6.45, 7) is 4.38. The average Bonchev–Trinajstić information content (AvgIpc) is 2.69. The van der Waals surface area contributed by atoms with E-state index in [1.165, 1.54) is 16.7 Å². The Morgan fingerprint density at radius 3 is 2.39 bits per heavy atom. The number of anilines is 1. The number of nitrogens with one attached hydrogen (secondary N) is 1. The third-order valence-electron chi connectivity index (χ3n) is 5.71. The van der Waals surface area contributed by atoms with E-state index in [1.807, 2.05) is 18.2 Å². The zero-order valence-electron chi connectivity index (χ0n) is 15.8. The summed E-state index contributed by atoms with van der Waals surface area (Å²) < 4.78 is 1.06. The minimum atomic E-state index is -0.360. The van der Waals surface area contributed by atoms with E-state index in [1.54, 1.807) is 12.1 Å². The predicted molar refractivity (Wildman–Crippen MR) is 116 cm³/mol. The van der Waals surface area contributed by atoms with Crippen molar-refractivity contribution >= 4 is 27.3 Å². The monoisotopic (exact) mass is 436 g/mol. The van der Waals surface area contributed by atoms with Crippen LogP contribution in [0.4, 0.5) is 11.4 Å². The smallest absolute Gasteiger partial charge is 0.269 e. The van der Waals surface area contributed by atoms with Crippen molar-refractivity contribution < 1.29 is 4.92 Å². The molecule has 3 aromatic carbocycles. The van der Waals surface area contributed by atoms with E-state index >= 15 is 0 Å². The summed E-state index contributed by atoms with van der Waals surface area (Å²) in [5.41, 5.74) is 5.85. The zero-order chi connectivity index (χ0) is 19.9. The molecule has 0 amide bonds. The molecule has 142 valence electrons. The lowest BCUT2D eigenvalue weighted by atomic mass is 9.68. The topological polar surface area (TPSA) is 55.2 Å². The molecule has 4 rings (SSSR count). The van der Waals surface area contributed by atoms with Crippen molar-refractivity contribution in [2.75, 3.05) is 5.32 Å². The van der Waals surface area contributed by atoms with Gasteiger partial charge in [0.05, 0.1) is 11.0 Å². The maximum atomic E-state index is 11.0. The van der Waals surface area contributed by atoms with Gasteiger partial charge < -0.3 is 5.32 Å². The molecule has 0 unspecified atom stereocenters. The Labute approximate surface area is 172 Å². The maximum absolute atomic E-state index is 11.0. The largest absolute Gasteiger partial charge is 0.378 e. The van der Waals surface area contributed by atoms with E-state index in [0.29, 0.717) is 0 Å². The molecule has 0 bridgehead atoms. The lowest BCUT2D eigenvalue weighted by Gasteiger charge is -2.42. The summed E-state index contributed by atoms with van der Waals surface area (Å²) in [7, 11) is 0. The van der Waals surface area contributed by atoms with Crippen molar-refractivity contribution in [3.63, 3.8) is 0 Å². The van der Waals surface area contributed by atoms with Crippen LogP contribution in [0.25, 0.3) is 0 Å². The van der Waals surface area contributed by atoms with Gasteiger partial charge >= 0.3 is 0 Å². The lowest BCUT2D eigenvalue weighted by Crippen LogP contribution is -2.34. The molecule has 1 aliphatic rings.